The SMILES string of the molecule is CC(C1CCCNC1)N1C(=O)N(c2ccc(OC(F)(F)F)cc2)C(=O)C1(C)C. The number of amides is 3. The lowest BCUT2D eigenvalue weighted by Gasteiger charge is -2.39. The summed E-state index contributed by atoms with van der Waals surface area (Å²) in [5.74, 6) is -0.585. The van der Waals surface area contributed by atoms with E-state index in [0.29, 0.717) is 0 Å². The predicted octanol–water partition coefficient (Wildman–Crippen LogP) is 3.52. The number of benzene rings is 1. The highest BCUT2D eigenvalue weighted by molar-refractivity contribution is 6.23. The maximum absolute atomic E-state index is 13.1. The minimum atomic E-state index is -4.80. The molecule has 0 spiro atoms. The fourth-order valence-electron chi connectivity index (χ4n) is 4.02. The van der Waals surface area contributed by atoms with E-state index >= 15 is 0 Å². The van der Waals surface area contributed by atoms with E-state index in [0.717, 1.165) is 43.0 Å². The molecule has 3 rings (SSSR count). The zero-order valence-corrected chi connectivity index (χ0v) is 16.0. The summed E-state index contributed by atoms with van der Waals surface area (Å²) in [7, 11) is 0. The molecular weight excluding hydrogens is 375 g/mol. The molecule has 2 heterocycles. The topological polar surface area (TPSA) is 61.9 Å². The van der Waals surface area contributed by atoms with E-state index < -0.39 is 29.6 Å². The van der Waals surface area contributed by atoms with Crippen LogP contribution in [0.15, 0.2) is 24.3 Å². The molecule has 1 N–H and O–H groups in total. The second-order valence-electron chi connectivity index (χ2n) is 7.74. The third-order valence-electron chi connectivity index (χ3n) is 5.48. The van der Waals surface area contributed by atoms with Crippen LogP contribution >= 0.6 is 0 Å². The Morgan fingerprint density at radius 1 is 1.21 bits per heavy atom. The number of hydrogen-bond donors (Lipinski definition) is 1. The van der Waals surface area contributed by atoms with E-state index in [1.165, 1.54) is 12.1 Å². The molecule has 2 aliphatic rings. The average molecular weight is 399 g/mol. The van der Waals surface area contributed by atoms with Crippen LogP contribution in [0.3, 0.4) is 0 Å². The first-order valence-electron chi connectivity index (χ1n) is 9.27. The van der Waals surface area contributed by atoms with Gasteiger partial charge in [-0.3, -0.25) is 4.79 Å². The zero-order valence-electron chi connectivity index (χ0n) is 16.0. The first-order chi connectivity index (χ1) is 13.0. The minimum Gasteiger partial charge on any atom is -0.406 e. The Labute approximate surface area is 161 Å². The molecule has 0 radical (unpaired) electrons. The van der Waals surface area contributed by atoms with Crippen molar-refractivity contribution in [1.82, 2.24) is 10.2 Å². The molecule has 6 nitrogen and oxygen atoms in total. The normalized spacial score (nSPS) is 23.9. The van der Waals surface area contributed by atoms with Gasteiger partial charge in [0, 0.05) is 6.04 Å². The number of carbonyl (C=O) groups is 2. The Morgan fingerprint density at radius 3 is 2.39 bits per heavy atom. The van der Waals surface area contributed by atoms with Gasteiger partial charge in [0.25, 0.3) is 5.91 Å². The molecule has 2 unspecified atom stereocenters. The van der Waals surface area contributed by atoms with Gasteiger partial charge in [0.2, 0.25) is 0 Å². The molecule has 154 valence electrons. The lowest BCUT2D eigenvalue weighted by molar-refractivity contribution is -0.274. The molecule has 2 atom stereocenters. The van der Waals surface area contributed by atoms with Crippen LogP contribution in [-0.2, 0) is 4.79 Å². The number of piperidine rings is 1. The third kappa shape index (κ3) is 3.80. The van der Waals surface area contributed by atoms with Crippen LogP contribution in [0.4, 0.5) is 23.7 Å². The summed E-state index contributed by atoms with van der Waals surface area (Å²) in [6.45, 7) is 7.05. The molecule has 9 heteroatoms. The van der Waals surface area contributed by atoms with Crippen LogP contribution < -0.4 is 15.0 Å². The van der Waals surface area contributed by atoms with Gasteiger partial charge in [-0.2, -0.15) is 0 Å². The first kappa shape index (κ1) is 20.4. The Bertz CT molecular complexity index is 743. The van der Waals surface area contributed by atoms with Gasteiger partial charge in [0.05, 0.1) is 5.69 Å². The van der Waals surface area contributed by atoms with Crippen molar-refractivity contribution in [3.8, 4) is 5.75 Å². The van der Waals surface area contributed by atoms with Gasteiger partial charge in [-0.1, -0.05) is 0 Å². The lowest BCUT2D eigenvalue weighted by atomic mass is 9.89. The van der Waals surface area contributed by atoms with E-state index in [9.17, 15) is 22.8 Å². The molecule has 3 amide bonds. The molecule has 1 aromatic carbocycles. The zero-order chi connectivity index (χ0) is 20.7. The number of urea groups is 1. The third-order valence-corrected chi connectivity index (χ3v) is 5.48. The fraction of sp³-hybridized carbons (Fsp3) is 0.579. The monoisotopic (exact) mass is 399 g/mol. The van der Waals surface area contributed by atoms with E-state index in [-0.39, 0.29) is 17.6 Å². The molecule has 2 saturated heterocycles. The maximum atomic E-state index is 13.1. The number of nitrogens with one attached hydrogen (secondary N) is 1. The van der Waals surface area contributed by atoms with Gasteiger partial charge in [-0.15, -0.1) is 13.2 Å². The van der Waals surface area contributed by atoms with E-state index in [1.807, 2.05) is 6.92 Å². The van der Waals surface area contributed by atoms with Gasteiger partial charge >= 0.3 is 12.4 Å². The molecule has 0 aliphatic carbocycles. The summed E-state index contributed by atoms with van der Waals surface area (Å²) in [6, 6.07) is 4.13. The summed E-state index contributed by atoms with van der Waals surface area (Å²) in [6.07, 6.45) is -2.83. The van der Waals surface area contributed by atoms with Crippen molar-refractivity contribution in [1.29, 1.82) is 0 Å². The number of hydrogen-bond acceptors (Lipinski definition) is 4. The average Bonchev–Trinajstić information content (AvgIpc) is 2.79. The predicted molar refractivity (Wildman–Crippen MR) is 97.0 cm³/mol. The van der Waals surface area contributed by atoms with E-state index in [4.69, 9.17) is 0 Å². The number of imide groups is 1. The molecule has 1 aromatic rings. The van der Waals surface area contributed by atoms with Crippen molar-refractivity contribution in [2.75, 3.05) is 18.0 Å². The van der Waals surface area contributed by atoms with Crippen molar-refractivity contribution in [3.63, 3.8) is 0 Å². The van der Waals surface area contributed by atoms with Crippen molar-refractivity contribution in [2.45, 2.75) is 51.6 Å². The molecule has 0 saturated carbocycles. The largest absolute Gasteiger partial charge is 0.573 e. The molecular formula is C19H24F3N3O3. The Hall–Kier alpha value is -2.29. The Kier molecular flexibility index (Phi) is 5.31. The number of carbonyl (C=O) groups excluding carboxylic acids is 2. The fourth-order valence-corrected chi connectivity index (χ4v) is 4.02. The summed E-state index contributed by atoms with van der Waals surface area (Å²) in [5.41, 5.74) is -0.830. The quantitative estimate of drug-likeness (QED) is 0.787. The molecule has 2 fully saturated rings. The number of rotatable bonds is 4. The summed E-state index contributed by atoms with van der Waals surface area (Å²) in [5, 5.41) is 3.32. The van der Waals surface area contributed by atoms with Gasteiger partial charge in [-0.05, 0) is 76.9 Å². The minimum absolute atomic E-state index is 0.155. The van der Waals surface area contributed by atoms with Crippen LogP contribution in [0.5, 0.6) is 5.75 Å². The Balaban J connectivity index is 1.84. The highest BCUT2D eigenvalue weighted by Crippen LogP contribution is 2.37. The number of anilines is 1. The lowest BCUT2D eigenvalue weighted by Crippen LogP contribution is -2.53. The van der Waals surface area contributed by atoms with Crippen molar-refractivity contribution >= 4 is 17.6 Å². The number of alkyl halides is 3. The number of ether oxygens (including phenoxy) is 1. The second-order valence-corrected chi connectivity index (χ2v) is 7.74. The standard InChI is InChI=1S/C19H24F3N3O3/c1-12(13-5-4-10-23-11-13)25-17(27)24(16(26)18(25,2)3)14-6-8-15(9-7-14)28-19(20,21)22/h6-9,12-13,23H,4-5,10-11H2,1-3H3. The summed E-state index contributed by atoms with van der Waals surface area (Å²) >= 11 is 0. The molecule has 0 bridgehead atoms. The van der Waals surface area contributed by atoms with Crippen molar-refractivity contribution < 1.29 is 27.5 Å². The Morgan fingerprint density at radius 2 is 1.86 bits per heavy atom. The van der Waals surface area contributed by atoms with Crippen LogP contribution in [0.1, 0.15) is 33.6 Å². The maximum Gasteiger partial charge on any atom is 0.573 e. The smallest absolute Gasteiger partial charge is 0.406 e. The van der Waals surface area contributed by atoms with Crippen LogP contribution in [0.25, 0.3) is 0 Å². The van der Waals surface area contributed by atoms with Gasteiger partial charge in [-0.25, -0.2) is 9.69 Å². The van der Waals surface area contributed by atoms with Crippen molar-refractivity contribution in [2.24, 2.45) is 5.92 Å². The number of nitrogens with zero attached hydrogens (tertiary/aromatic N) is 2. The van der Waals surface area contributed by atoms with E-state index in [2.05, 4.69) is 10.1 Å². The van der Waals surface area contributed by atoms with Crippen molar-refractivity contribution in [3.05, 3.63) is 24.3 Å². The van der Waals surface area contributed by atoms with Gasteiger partial charge in [0.1, 0.15) is 11.3 Å². The van der Waals surface area contributed by atoms with Crippen LogP contribution in [0.2, 0.25) is 0 Å². The highest BCUT2D eigenvalue weighted by Gasteiger charge is 2.54. The summed E-state index contributed by atoms with van der Waals surface area (Å²) in [4.78, 5) is 28.7. The first-order valence-corrected chi connectivity index (χ1v) is 9.27. The van der Waals surface area contributed by atoms with Crippen LogP contribution in [-0.4, -0.2) is 47.9 Å². The number of halogens is 3. The van der Waals surface area contributed by atoms with Gasteiger partial charge in [0.15, 0.2) is 0 Å². The van der Waals surface area contributed by atoms with E-state index in [1.54, 1.807) is 18.7 Å². The van der Waals surface area contributed by atoms with Crippen LogP contribution in [0, 0.1) is 5.92 Å². The highest BCUT2D eigenvalue weighted by atomic mass is 19.4. The molecule has 28 heavy (non-hydrogen) atoms. The molecule has 0 aromatic heterocycles. The molecule has 2 aliphatic heterocycles. The second kappa shape index (κ2) is 7.27. The summed E-state index contributed by atoms with van der Waals surface area (Å²) < 4.78 is 40.8. The van der Waals surface area contributed by atoms with Gasteiger partial charge < -0.3 is 15.0 Å².